The van der Waals surface area contributed by atoms with Gasteiger partial charge in [-0.3, -0.25) is 0 Å². The Labute approximate surface area is 124 Å². The summed E-state index contributed by atoms with van der Waals surface area (Å²) in [6.45, 7) is 11.1. The number of rotatable bonds is 2. The Morgan fingerprint density at radius 3 is 2.42 bits per heavy atom. The molecule has 0 bridgehead atoms. The molecular weight excluding hydrogens is 302 g/mol. The SMILES string of the molecule is CC1CCC(Nc2cc(Br)nc(C(C)(C)C)n2)C1C. The highest BCUT2D eigenvalue weighted by Crippen LogP contribution is 2.33. The van der Waals surface area contributed by atoms with Crippen LogP contribution in [0.1, 0.15) is 53.3 Å². The fraction of sp³-hybridized carbons (Fsp3) is 0.733. The zero-order valence-corrected chi connectivity index (χ0v) is 14.1. The van der Waals surface area contributed by atoms with E-state index in [1.165, 1.54) is 12.8 Å². The molecule has 0 radical (unpaired) electrons. The van der Waals surface area contributed by atoms with Crippen molar-refractivity contribution in [1.82, 2.24) is 9.97 Å². The minimum atomic E-state index is -0.0329. The van der Waals surface area contributed by atoms with Crippen LogP contribution in [0, 0.1) is 11.8 Å². The second-order valence-corrected chi connectivity index (χ2v) is 7.63. The van der Waals surface area contributed by atoms with Crippen LogP contribution in [-0.2, 0) is 5.41 Å². The zero-order chi connectivity index (χ0) is 14.2. The Bertz CT molecular complexity index is 453. The average molecular weight is 326 g/mol. The maximum absolute atomic E-state index is 4.68. The number of anilines is 1. The lowest BCUT2D eigenvalue weighted by Crippen LogP contribution is -2.25. The summed E-state index contributed by atoms with van der Waals surface area (Å²) >= 11 is 3.49. The van der Waals surface area contributed by atoms with Gasteiger partial charge < -0.3 is 5.32 Å². The normalized spacial score (nSPS) is 27.6. The van der Waals surface area contributed by atoms with Gasteiger partial charge in [0.2, 0.25) is 0 Å². The van der Waals surface area contributed by atoms with Crippen molar-refractivity contribution in [2.45, 2.75) is 58.9 Å². The van der Waals surface area contributed by atoms with Gasteiger partial charge in [-0.2, -0.15) is 0 Å². The molecule has 2 rings (SSSR count). The second-order valence-electron chi connectivity index (χ2n) is 6.81. The molecule has 1 heterocycles. The summed E-state index contributed by atoms with van der Waals surface area (Å²) in [4.78, 5) is 9.15. The molecule has 3 unspecified atom stereocenters. The van der Waals surface area contributed by atoms with E-state index in [9.17, 15) is 0 Å². The molecule has 0 amide bonds. The summed E-state index contributed by atoms with van der Waals surface area (Å²) in [5.41, 5.74) is -0.0329. The largest absolute Gasteiger partial charge is 0.367 e. The summed E-state index contributed by atoms with van der Waals surface area (Å²) in [6, 6.07) is 2.51. The molecule has 3 atom stereocenters. The predicted molar refractivity (Wildman–Crippen MR) is 83.4 cm³/mol. The first-order chi connectivity index (χ1) is 8.77. The van der Waals surface area contributed by atoms with Crippen molar-refractivity contribution in [2.24, 2.45) is 11.8 Å². The van der Waals surface area contributed by atoms with Crippen molar-refractivity contribution >= 4 is 21.7 Å². The summed E-state index contributed by atoms with van der Waals surface area (Å²) in [6.07, 6.45) is 2.53. The Kier molecular flexibility index (Phi) is 4.19. The van der Waals surface area contributed by atoms with Crippen LogP contribution in [-0.4, -0.2) is 16.0 Å². The second kappa shape index (κ2) is 5.39. The first-order valence-electron chi connectivity index (χ1n) is 7.09. The maximum Gasteiger partial charge on any atom is 0.137 e. The van der Waals surface area contributed by atoms with Crippen molar-refractivity contribution < 1.29 is 0 Å². The van der Waals surface area contributed by atoms with E-state index < -0.39 is 0 Å². The third kappa shape index (κ3) is 3.47. The lowest BCUT2D eigenvalue weighted by Gasteiger charge is -2.22. The Morgan fingerprint density at radius 2 is 1.89 bits per heavy atom. The smallest absolute Gasteiger partial charge is 0.137 e. The molecule has 0 spiro atoms. The topological polar surface area (TPSA) is 37.8 Å². The van der Waals surface area contributed by atoms with Crippen molar-refractivity contribution in [1.29, 1.82) is 0 Å². The maximum atomic E-state index is 4.68. The number of hydrogen-bond acceptors (Lipinski definition) is 3. The number of halogens is 1. The minimum Gasteiger partial charge on any atom is -0.367 e. The summed E-state index contributed by atoms with van der Waals surface area (Å²) in [7, 11) is 0. The molecule has 0 aromatic carbocycles. The van der Waals surface area contributed by atoms with E-state index in [-0.39, 0.29) is 5.41 Å². The number of nitrogens with one attached hydrogen (secondary N) is 1. The van der Waals surface area contributed by atoms with E-state index in [0.29, 0.717) is 12.0 Å². The van der Waals surface area contributed by atoms with Gasteiger partial charge in [0.15, 0.2) is 0 Å². The fourth-order valence-electron chi connectivity index (χ4n) is 2.59. The van der Waals surface area contributed by atoms with Crippen molar-refractivity contribution in [2.75, 3.05) is 5.32 Å². The first-order valence-corrected chi connectivity index (χ1v) is 7.88. The van der Waals surface area contributed by atoms with Gasteiger partial charge in [0.05, 0.1) is 0 Å². The van der Waals surface area contributed by atoms with Crippen LogP contribution in [0.25, 0.3) is 0 Å². The van der Waals surface area contributed by atoms with Gasteiger partial charge in [-0.05, 0) is 40.6 Å². The Morgan fingerprint density at radius 1 is 1.21 bits per heavy atom. The van der Waals surface area contributed by atoms with E-state index in [2.05, 4.69) is 65.8 Å². The van der Waals surface area contributed by atoms with E-state index in [1.54, 1.807) is 0 Å². The van der Waals surface area contributed by atoms with Crippen LogP contribution >= 0.6 is 15.9 Å². The molecule has 4 heteroatoms. The Hall–Kier alpha value is -0.640. The van der Waals surface area contributed by atoms with Gasteiger partial charge in [0, 0.05) is 17.5 Å². The molecule has 1 N–H and O–H groups in total. The summed E-state index contributed by atoms with van der Waals surface area (Å²) < 4.78 is 0.855. The highest BCUT2D eigenvalue weighted by atomic mass is 79.9. The molecule has 1 aromatic rings. The van der Waals surface area contributed by atoms with Gasteiger partial charge in [-0.25, -0.2) is 9.97 Å². The molecule has 0 aliphatic heterocycles. The van der Waals surface area contributed by atoms with Crippen LogP contribution in [0.15, 0.2) is 10.7 Å². The van der Waals surface area contributed by atoms with Crippen LogP contribution < -0.4 is 5.32 Å². The molecule has 1 aromatic heterocycles. The van der Waals surface area contributed by atoms with Gasteiger partial charge in [-0.15, -0.1) is 0 Å². The molecule has 1 aliphatic rings. The molecule has 19 heavy (non-hydrogen) atoms. The molecule has 1 aliphatic carbocycles. The monoisotopic (exact) mass is 325 g/mol. The van der Waals surface area contributed by atoms with Gasteiger partial charge in [0.1, 0.15) is 16.2 Å². The fourth-order valence-corrected chi connectivity index (χ4v) is 2.97. The van der Waals surface area contributed by atoms with Gasteiger partial charge in [0.25, 0.3) is 0 Å². The molecule has 1 fully saturated rings. The van der Waals surface area contributed by atoms with Crippen LogP contribution in [0.3, 0.4) is 0 Å². The van der Waals surface area contributed by atoms with Crippen LogP contribution in [0.4, 0.5) is 5.82 Å². The molecular formula is C15H24BrN3. The summed E-state index contributed by atoms with van der Waals surface area (Å²) in [5, 5.41) is 3.59. The van der Waals surface area contributed by atoms with E-state index in [1.807, 2.05) is 6.07 Å². The summed E-state index contributed by atoms with van der Waals surface area (Å²) in [5.74, 6) is 3.32. The quantitative estimate of drug-likeness (QED) is 0.820. The van der Waals surface area contributed by atoms with E-state index >= 15 is 0 Å². The molecule has 3 nitrogen and oxygen atoms in total. The molecule has 0 saturated heterocycles. The third-order valence-corrected chi connectivity index (χ3v) is 4.57. The van der Waals surface area contributed by atoms with Crippen molar-refractivity contribution in [3.05, 3.63) is 16.5 Å². The lowest BCUT2D eigenvalue weighted by molar-refractivity contribution is 0.434. The highest BCUT2D eigenvalue weighted by Gasteiger charge is 2.30. The average Bonchev–Trinajstić information content (AvgIpc) is 2.59. The lowest BCUT2D eigenvalue weighted by atomic mass is 9.95. The number of aromatic nitrogens is 2. The van der Waals surface area contributed by atoms with E-state index in [4.69, 9.17) is 0 Å². The van der Waals surface area contributed by atoms with Crippen LogP contribution in [0.5, 0.6) is 0 Å². The molecule has 1 saturated carbocycles. The van der Waals surface area contributed by atoms with Crippen molar-refractivity contribution in [3.63, 3.8) is 0 Å². The Balaban J connectivity index is 2.19. The third-order valence-electron chi connectivity index (χ3n) is 4.16. The first kappa shape index (κ1) is 14.8. The van der Waals surface area contributed by atoms with Gasteiger partial charge in [-0.1, -0.05) is 34.6 Å². The van der Waals surface area contributed by atoms with Crippen molar-refractivity contribution in [3.8, 4) is 0 Å². The number of nitrogens with zero attached hydrogens (tertiary/aromatic N) is 2. The van der Waals surface area contributed by atoms with Crippen LogP contribution in [0.2, 0.25) is 0 Å². The minimum absolute atomic E-state index is 0.0329. The van der Waals surface area contributed by atoms with Gasteiger partial charge >= 0.3 is 0 Å². The predicted octanol–water partition coefficient (Wildman–Crippen LogP) is 4.38. The number of hydrogen-bond donors (Lipinski definition) is 1. The molecule has 106 valence electrons. The van der Waals surface area contributed by atoms with E-state index in [0.717, 1.165) is 22.2 Å². The highest BCUT2D eigenvalue weighted by molar-refractivity contribution is 9.10. The standard InChI is InChI=1S/C15H24BrN3/c1-9-6-7-11(10(9)2)17-13-8-12(16)18-14(19-13)15(3,4)5/h8-11H,6-7H2,1-5H3,(H,17,18,19). The zero-order valence-electron chi connectivity index (χ0n) is 12.5.